The van der Waals surface area contributed by atoms with Crippen LogP contribution < -0.4 is 5.73 Å². The van der Waals surface area contributed by atoms with Gasteiger partial charge < -0.3 is 10.8 Å². The number of pyridine rings is 1. The zero-order chi connectivity index (χ0) is 20.1. The van der Waals surface area contributed by atoms with Gasteiger partial charge in [-0.25, -0.2) is 9.97 Å². The Hall–Kier alpha value is -2.52. The third-order valence-electron chi connectivity index (χ3n) is 5.73. The minimum Gasteiger partial charge on any atom is -0.481 e. The van der Waals surface area contributed by atoms with Crippen molar-refractivity contribution in [1.29, 1.82) is 0 Å². The van der Waals surface area contributed by atoms with E-state index in [1.807, 2.05) is 17.6 Å². The molecule has 0 amide bonds. The third-order valence-corrected chi connectivity index (χ3v) is 7.38. The molecule has 9 heteroatoms. The number of carboxylic acids is 1. The second-order valence-corrected chi connectivity index (χ2v) is 9.10. The first-order valence-electron chi connectivity index (χ1n) is 9.42. The fourth-order valence-corrected chi connectivity index (χ4v) is 5.41. The number of nitrogen functional groups attached to an aromatic ring is 1. The number of halogens is 1. The number of fused-ring (bicyclic) bond motifs is 2. The number of aliphatic carboxylic acids is 1. The number of thiophene rings is 1. The lowest BCUT2D eigenvalue weighted by atomic mass is 9.80. The van der Waals surface area contributed by atoms with Gasteiger partial charge in [0.25, 0.3) is 0 Å². The predicted molar refractivity (Wildman–Crippen MR) is 116 cm³/mol. The molecule has 0 saturated heterocycles. The molecule has 1 aliphatic carbocycles. The van der Waals surface area contributed by atoms with E-state index >= 15 is 0 Å². The molecule has 0 bridgehead atoms. The molecule has 4 aromatic rings. The smallest absolute Gasteiger partial charge is 0.306 e. The van der Waals surface area contributed by atoms with Crippen molar-refractivity contribution in [2.24, 2.45) is 5.92 Å². The summed E-state index contributed by atoms with van der Waals surface area (Å²) in [5.41, 5.74) is 9.77. The molecule has 0 atom stereocenters. The number of hydrogen-bond donors (Lipinski definition) is 2. The van der Waals surface area contributed by atoms with Crippen molar-refractivity contribution >= 4 is 54.9 Å². The highest BCUT2D eigenvalue weighted by Crippen LogP contribution is 2.40. The minimum absolute atomic E-state index is 0.174. The number of anilines is 1. The quantitative estimate of drug-likeness (QED) is 0.447. The van der Waals surface area contributed by atoms with Crippen LogP contribution in [0.2, 0.25) is 0 Å². The Morgan fingerprint density at radius 3 is 2.83 bits per heavy atom. The maximum atomic E-state index is 11.3. The van der Waals surface area contributed by atoms with Gasteiger partial charge in [-0.3, -0.25) is 4.79 Å². The first kappa shape index (κ1) is 18.5. The number of rotatable bonds is 3. The van der Waals surface area contributed by atoms with Gasteiger partial charge in [-0.15, -0.1) is 11.3 Å². The van der Waals surface area contributed by atoms with Gasteiger partial charge in [0, 0.05) is 28.6 Å². The molecule has 1 fully saturated rings. The largest absolute Gasteiger partial charge is 0.481 e. The van der Waals surface area contributed by atoms with Crippen LogP contribution in [0.5, 0.6) is 0 Å². The van der Waals surface area contributed by atoms with E-state index in [-0.39, 0.29) is 11.8 Å². The highest BCUT2D eigenvalue weighted by atomic mass is 79.9. The molecular weight excluding hydrogens is 454 g/mol. The number of carboxylic acid groups (broad SMARTS) is 1. The second-order valence-electron chi connectivity index (χ2n) is 7.42. The lowest BCUT2D eigenvalue weighted by Crippen LogP contribution is -2.21. The topological polar surface area (TPSA) is 106 Å². The van der Waals surface area contributed by atoms with Crippen LogP contribution in [-0.4, -0.2) is 30.7 Å². The van der Waals surface area contributed by atoms with E-state index < -0.39 is 5.97 Å². The average Bonchev–Trinajstić information content (AvgIpc) is 3.37. The van der Waals surface area contributed by atoms with Crippen LogP contribution >= 0.6 is 27.3 Å². The first-order valence-corrected chi connectivity index (χ1v) is 11.1. The summed E-state index contributed by atoms with van der Waals surface area (Å²) in [4.78, 5) is 21.7. The molecule has 4 heterocycles. The van der Waals surface area contributed by atoms with Gasteiger partial charge in [0.15, 0.2) is 5.65 Å². The SMILES string of the molecule is Nc1c(Br)c([C@H]2CC[C@@H](C(=O)O)CC2)nc2c(-c3cnc4sccc4c3)cnn12. The van der Waals surface area contributed by atoms with Gasteiger partial charge in [0.2, 0.25) is 0 Å². The average molecular weight is 472 g/mol. The maximum Gasteiger partial charge on any atom is 0.306 e. The van der Waals surface area contributed by atoms with Crippen LogP contribution in [0.15, 0.2) is 34.4 Å². The summed E-state index contributed by atoms with van der Waals surface area (Å²) >= 11 is 5.21. The predicted octanol–water partition coefficient (Wildman–Crippen LogP) is 4.71. The normalized spacial score (nSPS) is 19.8. The summed E-state index contributed by atoms with van der Waals surface area (Å²) in [6.07, 6.45) is 6.49. The number of nitrogens with two attached hydrogens (primary N) is 1. The van der Waals surface area contributed by atoms with Crippen LogP contribution in [0.25, 0.3) is 27.0 Å². The monoisotopic (exact) mass is 471 g/mol. The van der Waals surface area contributed by atoms with E-state index in [1.165, 1.54) is 0 Å². The molecule has 5 rings (SSSR count). The summed E-state index contributed by atoms with van der Waals surface area (Å²) in [5.74, 6) is -0.298. The Bertz CT molecular complexity index is 1240. The van der Waals surface area contributed by atoms with E-state index in [0.717, 1.165) is 44.4 Å². The van der Waals surface area contributed by atoms with Crippen molar-refractivity contribution in [3.63, 3.8) is 0 Å². The molecule has 1 saturated carbocycles. The standard InChI is InChI=1S/C20H18BrN5O2S/c21-15-16(10-1-3-11(4-2-10)20(27)28)25-18-14(9-24-26(18)17(15)22)13-7-12-5-6-29-19(12)23-8-13/h5-11H,1-4,22H2,(H,27,28)/t10-,11+. The fraction of sp³-hybridized carbons (Fsp3) is 0.300. The van der Waals surface area contributed by atoms with Crippen molar-refractivity contribution in [2.75, 3.05) is 5.73 Å². The Kier molecular flexibility index (Phi) is 4.51. The molecule has 29 heavy (non-hydrogen) atoms. The van der Waals surface area contributed by atoms with Crippen LogP contribution in [0.1, 0.15) is 37.3 Å². The Morgan fingerprint density at radius 1 is 1.28 bits per heavy atom. The zero-order valence-electron chi connectivity index (χ0n) is 15.4. The first-order chi connectivity index (χ1) is 14.0. The summed E-state index contributed by atoms with van der Waals surface area (Å²) in [5, 5.41) is 16.8. The van der Waals surface area contributed by atoms with Crippen molar-refractivity contribution in [3.8, 4) is 11.1 Å². The van der Waals surface area contributed by atoms with Gasteiger partial charge in [0.1, 0.15) is 10.6 Å². The lowest BCUT2D eigenvalue weighted by molar-refractivity contribution is -0.142. The molecule has 3 N–H and O–H groups in total. The molecule has 7 nitrogen and oxygen atoms in total. The molecule has 0 spiro atoms. The van der Waals surface area contributed by atoms with Gasteiger partial charge in [0.05, 0.1) is 22.3 Å². The van der Waals surface area contributed by atoms with Crippen LogP contribution in [-0.2, 0) is 4.79 Å². The second kappa shape index (κ2) is 7.07. The molecular formula is C20H18BrN5O2S. The number of hydrogen-bond acceptors (Lipinski definition) is 6. The molecule has 0 unspecified atom stereocenters. The fourth-order valence-electron chi connectivity index (χ4n) is 4.11. The summed E-state index contributed by atoms with van der Waals surface area (Å²) < 4.78 is 2.38. The zero-order valence-corrected chi connectivity index (χ0v) is 17.8. The van der Waals surface area contributed by atoms with E-state index in [4.69, 9.17) is 10.7 Å². The van der Waals surface area contributed by atoms with E-state index in [1.54, 1.807) is 22.0 Å². The molecule has 0 radical (unpaired) electrons. The highest BCUT2D eigenvalue weighted by molar-refractivity contribution is 9.10. The number of carbonyl (C=O) groups is 1. The Morgan fingerprint density at radius 2 is 2.07 bits per heavy atom. The Balaban J connectivity index is 1.59. The molecule has 0 aliphatic heterocycles. The van der Waals surface area contributed by atoms with Crippen molar-refractivity contribution < 1.29 is 9.90 Å². The van der Waals surface area contributed by atoms with E-state index in [9.17, 15) is 9.90 Å². The van der Waals surface area contributed by atoms with Crippen molar-refractivity contribution in [1.82, 2.24) is 19.6 Å². The summed E-state index contributed by atoms with van der Waals surface area (Å²) in [7, 11) is 0. The molecule has 4 aromatic heterocycles. The third kappa shape index (κ3) is 3.08. The van der Waals surface area contributed by atoms with E-state index in [0.29, 0.717) is 24.3 Å². The van der Waals surface area contributed by atoms with E-state index in [2.05, 4.69) is 32.1 Å². The maximum absolute atomic E-state index is 11.3. The molecule has 1 aliphatic rings. The van der Waals surface area contributed by atoms with Gasteiger partial charge in [-0.2, -0.15) is 9.61 Å². The molecule has 0 aromatic carbocycles. The minimum atomic E-state index is -0.708. The van der Waals surface area contributed by atoms with Crippen LogP contribution in [0.4, 0.5) is 5.82 Å². The lowest BCUT2D eigenvalue weighted by Gasteiger charge is -2.26. The van der Waals surface area contributed by atoms with Gasteiger partial charge in [-0.05, 0) is 59.1 Å². The van der Waals surface area contributed by atoms with Gasteiger partial charge in [-0.1, -0.05) is 0 Å². The number of nitrogens with zero attached hydrogens (tertiary/aromatic N) is 4. The van der Waals surface area contributed by atoms with Crippen molar-refractivity contribution in [2.45, 2.75) is 31.6 Å². The van der Waals surface area contributed by atoms with Crippen LogP contribution in [0, 0.1) is 5.92 Å². The summed E-state index contributed by atoms with van der Waals surface area (Å²) in [6, 6.07) is 4.14. The highest BCUT2D eigenvalue weighted by Gasteiger charge is 2.30. The Labute approximate surface area is 178 Å². The number of aromatic nitrogens is 4. The summed E-state index contributed by atoms with van der Waals surface area (Å²) in [6.45, 7) is 0. The van der Waals surface area contributed by atoms with Crippen molar-refractivity contribution in [3.05, 3.63) is 40.1 Å². The molecule has 148 valence electrons. The van der Waals surface area contributed by atoms with Crippen LogP contribution in [0.3, 0.4) is 0 Å². The van der Waals surface area contributed by atoms with Gasteiger partial charge >= 0.3 is 5.97 Å².